The van der Waals surface area contributed by atoms with Crippen LogP contribution in [0.4, 0.5) is 8.78 Å². The molecule has 1 aromatic carbocycles. The van der Waals surface area contributed by atoms with Gasteiger partial charge in [0.05, 0.1) is 6.04 Å². The standard InChI is InChI=1S/C14H14F2N2/c1-8-6-10(7-9(2)18-8)14(17)13-11(15)4-3-5-12(13)16/h3-7,14H,17H2,1-2H3. The number of aromatic nitrogens is 1. The van der Waals surface area contributed by atoms with Crippen LogP contribution in [0.5, 0.6) is 0 Å². The summed E-state index contributed by atoms with van der Waals surface area (Å²) in [5.74, 6) is -1.26. The Balaban J connectivity index is 2.51. The fourth-order valence-corrected chi connectivity index (χ4v) is 2.02. The molecule has 0 saturated heterocycles. The summed E-state index contributed by atoms with van der Waals surface area (Å²) in [5, 5.41) is 0. The summed E-state index contributed by atoms with van der Waals surface area (Å²) in [6.07, 6.45) is 0. The van der Waals surface area contributed by atoms with Crippen molar-refractivity contribution in [3.8, 4) is 0 Å². The van der Waals surface area contributed by atoms with Crippen molar-refractivity contribution in [1.82, 2.24) is 4.98 Å². The van der Waals surface area contributed by atoms with Crippen molar-refractivity contribution in [3.63, 3.8) is 0 Å². The Morgan fingerprint density at radius 2 is 1.56 bits per heavy atom. The first-order valence-corrected chi connectivity index (χ1v) is 5.63. The van der Waals surface area contributed by atoms with Crippen LogP contribution in [-0.2, 0) is 0 Å². The van der Waals surface area contributed by atoms with Gasteiger partial charge in [-0.05, 0) is 43.7 Å². The van der Waals surface area contributed by atoms with Crippen molar-refractivity contribution in [1.29, 1.82) is 0 Å². The van der Waals surface area contributed by atoms with Crippen molar-refractivity contribution in [3.05, 3.63) is 64.5 Å². The second-order valence-electron chi connectivity index (χ2n) is 4.30. The monoisotopic (exact) mass is 248 g/mol. The summed E-state index contributed by atoms with van der Waals surface area (Å²) in [6.45, 7) is 3.64. The number of hydrogen-bond donors (Lipinski definition) is 1. The Morgan fingerprint density at radius 3 is 2.06 bits per heavy atom. The maximum Gasteiger partial charge on any atom is 0.131 e. The van der Waals surface area contributed by atoms with Gasteiger partial charge in [0.15, 0.2) is 0 Å². The molecule has 2 rings (SSSR count). The second kappa shape index (κ2) is 4.82. The van der Waals surface area contributed by atoms with Gasteiger partial charge in [-0.25, -0.2) is 8.78 Å². The van der Waals surface area contributed by atoms with Gasteiger partial charge in [-0.1, -0.05) is 6.07 Å². The van der Waals surface area contributed by atoms with Crippen LogP contribution in [-0.4, -0.2) is 4.98 Å². The quantitative estimate of drug-likeness (QED) is 0.887. The summed E-state index contributed by atoms with van der Waals surface area (Å²) in [4.78, 5) is 4.21. The van der Waals surface area contributed by atoms with Gasteiger partial charge >= 0.3 is 0 Å². The highest BCUT2D eigenvalue weighted by Crippen LogP contribution is 2.25. The first-order chi connectivity index (χ1) is 8.49. The average Bonchev–Trinajstić information content (AvgIpc) is 2.27. The molecule has 0 bridgehead atoms. The molecular weight excluding hydrogens is 234 g/mol. The lowest BCUT2D eigenvalue weighted by Gasteiger charge is -2.15. The smallest absolute Gasteiger partial charge is 0.131 e. The topological polar surface area (TPSA) is 38.9 Å². The molecular formula is C14H14F2N2. The van der Waals surface area contributed by atoms with E-state index in [9.17, 15) is 8.78 Å². The van der Waals surface area contributed by atoms with E-state index in [2.05, 4.69) is 4.98 Å². The van der Waals surface area contributed by atoms with Gasteiger partial charge < -0.3 is 5.73 Å². The number of nitrogens with two attached hydrogens (primary N) is 1. The zero-order valence-corrected chi connectivity index (χ0v) is 10.2. The van der Waals surface area contributed by atoms with Crippen LogP contribution in [0.1, 0.15) is 28.6 Å². The van der Waals surface area contributed by atoms with E-state index in [1.165, 1.54) is 18.2 Å². The molecule has 0 aliphatic heterocycles. The highest BCUT2D eigenvalue weighted by molar-refractivity contribution is 5.34. The molecule has 2 aromatic rings. The first kappa shape index (κ1) is 12.6. The van der Waals surface area contributed by atoms with Crippen LogP contribution in [0.25, 0.3) is 0 Å². The zero-order chi connectivity index (χ0) is 13.3. The fourth-order valence-electron chi connectivity index (χ4n) is 2.02. The number of nitrogens with zero attached hydrogens (tertiary/aromatic N) is 1. The molecule has 0 aliphatic carbocycles. The highest BCUT2D eigenvalue weighted by atomic mass is 19.1. The lowest BCUT2D eigenvalue weighted by Crippen LogP contribution is -2.16. The molecule has 1 aromatic heterocycles. The molecule has 2 N–H and O–H groups in total. The van der Waals surface area contributed by atoms with E-state index in [1.54, 1.807) is 12.1 Å². The Bertz CT molecular complexity index is 542. The molecule has 0 amide bonds. The minimum absolute atomic E-state index is 0.109. The Kier molecular flexibility index (Phi) is 3.39. The van der Waals surface area contributed by atoms with Crippen molar-refractivity contribution in [2.45, 2.75) is 19.9 Å². The SMILES string of the molecule is Cc1cc(C(N)c2c(F)cccc2F)cc(C)n1. The average molecular weight is 248 g/mol. The number of aryl methyl sites for hydroxylation is 2. The normalized spacial score (nSPS) is 12.5. The van der Waals surface area contributed by atoms with Crippen molar-refractivity contribution >= 4 is 0 Å². The summed E-state index contributed by atoms with van der Waals surface area (Å²) in [7, 11) is 0. The zero-order valence-electron chi connectivity index (χ0n) is 10.2. The van der Waals surface area contributed by atoms with Crippen molar-refractivity contribution in [2.24, 2.45) is 5.73 Å². The van der Waals surface area contributed by atoms with Crippen LogP contribution >= 0.6 is 0 Å². The molecule has 0 aliphatic rings. The van der Waals surface area contributed by atoms with E-state index in [0.717, 1.165) is 11.4 Å². The predicted molar refractivity (Wildman–Crippen MR) is 66.1 cm³/mol. The van der Waals surface area contributed by atoms with Gasteiger partial charge in [0.25, 0.3) is 0 Å². The van der Waals surface area contributed by atoms with Crippen LogP contribution in [0, 0.1) is 25.5 Å². The van der Waals surface area contributed by atoms with E-state index in [0.29, 0.717) is 5.56 Å². The molecule has 1 atom stereocenters. The van der Waals surface area contributed by atoms with E-state index in [-0.39, 0.29) is 5.56 Å². The van der Waals surface area contributed by atoms with Crippen LogP contribution in [0.15, 0.2) is 30.3 Å². The van der Waals surface area contributed by atoms with Crippen LogP contribution in [0.3, 0.4) is 0 Å². The van der Waals surface area contributed by atoms with Crippen LogP contribution in [0.2, 0.25) is 0 Å². The maximum atomic E-state index is 13.7. The third kappa shape index (κ3) is 2.38. The first-order valence-electron chi connectivity index (χ1n) is 5.63. The largest absolute Gasteiger partial charge is 0.320 e. The number of rotatable bonds is 2. The summed E-state index contributed by atoms with van der Waals surface area (Å²) < 4.78 is 27.3. The lowest BCUT2D eigenvalue weighted by molar-refractivity contribution is 0.543. The van der Waals surface area contributed by atoms with E-state index >= 15 is 0 Å². The summed E-state index contributed by atoms with van der Waals surface area (Å²) in [6, 6.07) is 6.39. The molecule has 18 heavy (non-hydrogen) atoms. The molecule has 1 unspecified atom stereocenters. The van der Waals surface area contributed by atoms with Crippen molar-refractivity contribution in [2.75, 3.05) is 0 Å². The Hall–Kier alpha value is -1.81. The van der Waals surface area contributed by atoms with E-state index < -0.39 is 17.7 Å². The van der Waals surface area contributed by atoms with Gasteiger partial charge in [-0.2, -0.15) is 0 Å². The minimum atomic E-state index is -0.827. The van der Waals surface area contributed by atoms with E-state index in [1.807, 2.05) is 13.8 Å². The third-order valence-electron chi connectivity index (χ3n) is 2.77. The van der Waals surface area contributed by atoms with Crippen molar-refractivity contribution < 1.29 is 8.78 Å². The Morgan fingerprint density at radius 1 is 1.06 bits per heavy atom. The molecule has 0 spiro atoms. The number of hydrogen-bond acceptors (Lipinski definition) is 2. The summed E-state index contributed by atoms with van der Waals surface area (Å²) >= 11 is 0. The molecule has 4 heteroatoms. The van der Waals surface area contributed by atoms with Gasteiger partial charge in [-0.3, -0.25) is 4.98 Å². The second-order valence-corrected chi connectivity index (χ2v) is 4.30. The number of pyridine rings is 1. The summed E-state index contributed by atoms with van der Waals surface area (Å²) in [5.41, 5.74) is 8.05. The molecule has 0 saturated carbocycles. The molecule has 1 heterocycles. The maximum absolute atomic E-state index is 13.7. The highest BCUT2D eigenvalue weighted by Gasteiger charge is 2.18. The number of benzene rings is 1. The molecule has 0 fully saturated rings. The van der Waals surface area contributed by atoms with Crippen LogP contribution < -0.4 is 5.73 Å². The van der Waals surface area contributed by atoms with Gasteiger partial charge in [0.1, 0.15) is 11.6 Å². The lowest BCUT2D eigenvalue weighted by atomic mass is 9.98. The molecule has 0 radical (unpaired) electrons. The van der Waals surface area contributed by atoms with E-state index in [4.69, 9.17) is 5.73 Å². The minimum Gasteiger partial charge on any atom is -0.320 e. The van der Waals surface area contributed by atoms with Gasteiger partial charge in [0.2, 0.25) is 0 Å². The van der Waals surface area contributed by atoms with Gasteiger partial charge in [-0.15, -0.1) is 0 Å². The molecule has 94 valence electrons. The predicted octanol–water partition coefficient (Wildman–Crippen LogP) is 3.02. The van der Waals surface area contributed by atoms with Gasteiger partial charge in [0, 0.05) is 17.0 Å². The molecule has 2 nitrogen and oxygen atoms in total. The number of halogens is 2. The fraction of sp³-hybridized carbons (Fsp3) is 0.214. The third-order valence-corrected chi connectivity index (χ3v) is 2.77. The Labute approximate surface area is 104 Å².